The van der Waals surface area contributed by atoms with E-state index in [9.17, 15) is 14.4 Å². The molecule has 12 nitrogen and oxygen atoms in total. The highest BCUT2D eigenvalue weighted by Crippen LogP contribution is 2.61. The van der Waals surface area contributed by atoms with Gasteiger partial charge in [0.15, 0.2) is 5.65 Å². The number of pyridine rings is 1. The van der Waals surface area contributed by atoms with Gasteiger partial charge < -0.3 is 31.3 Å². The van der Waals surface area contributed by atoms with Gasteiger partial charge in [-0.1, -0.05) is 90.3 Å². The number of aromatic nitrogens is 3. The quantitative estimate of drug-likeness (QED) is 0.0564. The Kier molecular flexibility index (Phi) is 15.1. The van der Waals surface area contributed by atoms with Crippen LogP contribution in [0.4, 0.5) is 17.2 Å². The third-order valence-electron chi connectivity index (χ3n) is 15.7. The normalized spacial score (nSPS) is 23.0. The number of fused-ring (bicyclic) bond motifs is 1. The van der Waals surface area contributed by atoms with Crippen molar-refractivity contribution >= 4 is 40.0 Å². The molecule has 0 radical (unpaired) electrons. The summed E-state index contributed by atoms with van der Waals surface area (Å²) in [6.07, 6.45) is 22.5. The molecule has 2 amide bonds. The molecule has 4 aromatic rings. The second-order valence-corrected chi connectivity index (χ2v) is 21.4. The summed E-state index contributed by atoms with van der Waals surface area (Å²) < 4.78 is 7.67. The number of anilines is 3. The number of rotatable bonds is 22. The first kappa shape index (κ1) is 47.5. The van der Waals surface area contributed by atoms with Crippen molar-refractivity contribution in [1.29, 1.82) is 0 Å². The molecule has 5 aliphatic rings. The number of carbonyl (C=O) groups is 2. The zero-order valence-corrected chi connectivity index (χ0v) is 40.4. The van der Waals surface area contributed by atoms with E-state index in [1.807, 2.05) is 51.1 Å². The topological polar surface area (TPSA) is 156 Å². The third-order valence-corrected chi connectivity index (χ3v) is 15.7. The van der Waals surface area contributed by atoms with Crippen molar-refractivity contribution in [2.24, 2.45) is 34.3 Å². The molecule has 4 aliphatic carbocycles. The number of ether oxygens (including phenoxy) is 1. The Morgan fingerprint density at radius 1 is 0.955 bits per heavy atom. The fraction of sp³-hybridized carbons (Fsp3) is 0.611. The van der Waals surface area contributed by atoms with Gasteiger partial charge in [-0.25, -0.2) is 9.97 Å². The Labute approximate surface area is 392 Å². The molecule has 5 fully saturated rings. The lowest BCUT2D eigenvalue weighted by molar-refractivity contribution is -0.130. The van der Waals surface area contributed by atoms with E-state index in [0.29, 0.717) is 41.1 Å². The number of piperazine rings is 1. The molecular formula is C54H76N8O4. The number of hydrogen-bond donors (Lipinski definition) is 4. The molecule has 4 bridgehead atoms. The van der Waals surface area contributed by atoms with Crippen molar-refractivity contribution in [1.82, 2.24) is 25.2 Å². The maximum absolute atomic E-state index is 14.1. The van der Waals surface area contributed by atoms with Crippen molar-refractivity contribution in [3.63, 3.8) is 0 Å². The summed E-state index contributed by atoms with van der Waals surface area (Å²) in [6, 6.07) is 15.8. The third kappa shape index (κ3) is 10.9. The van der Waals surface area contributed by atoms with Gasteiger partial charge in [0.05, 0.1) is 23.9 Å². The van der Waals surface area contributed by atoms with E-state index in [4.69, 9.17) is 15.5 Å². The van der Waals surface area contributed by atoms with Crippen LogP contribution in [-0.2, 0) is 16.0 Å². The van der Waals surface area contributed by atoms with E-state index in [0.717, 1.165) is 79.2 Å². The smallest absolute Gasteiger partial charge is 0.257 e. The van der Waals surface area contributed by atoms with Gasteiger partial charge in [0, 0.05) is 61.4 Å². The van der Waals surface area contributed by atoms with Crippen LogP contribution in [0, 0.1) is 35.5 Å². The SMILES string of the molecule is CCCCCCCCCCC(CC1CNCCN1c1ccc(Nc2ncnc3c2c(C)cc(=O)n3-c2ccccc2CC(C)(C)C(N)=O)c(OC)c1)NC(=O)CC12CC3CC(CC(C3)C1)C2. The lowest BCUT2D eigenvalue weighted by Gasteiger charge is -2.56. The van der Waals surface area contributed by atoms with Crippen molar-refractivity contribution in [2.75, 3.05) is 37.0 Å². The Bertz CT molecular complexity index is 2360. The van der Waals surface area contributed by atoms with Crippen LogP contribution in [-0.4, -0.2) is 65.2 Å². The fourth-order valence-corrected chi connectivity index (χ4v) is 12.7. The molecule has 66 heavy (non-hydrogen) atoms. The summed E-state index contributed by atoms with van der Waals surface area (Å²) >= 11 is 0. The first-order chi connectivity index (χ1) is 31.8. The van der Waals surface area contributed by atoms with Crippen molar-refractivity contribution in [3.8, 4) is 11.4 Å². The molecule has 2 aromatic heterocycles. The van der Waals surface area contributed by atoms with E-state index in [2.05, 4.69) is 44.9 Å². The first-order valence-electron chi connectivity index (χ1n) is 25.3. The maximum atomic E-state index is 14.1. The Morgan fingerprint density at radius 3 is 2.35 bits per heavy atom. The summed E-state index contributed by atoms with van der Waals surface area (Å²) in [5.41, 5.74) is 9.37. The van der Waals surface area contributed by atoms with Gasteiger partial charge in [0.1, 0.15) is 17.9 Å². The number of nitrogens with two attached hydrogens (primary N) is 1. The molecule has 12 heteroatoms. The lowest BCUT2D eigenvalue weighted by Crippen LogP contribution is -2.54. The molecule has 4 saturated carbocycles. The average Bonchev–Trinajstić information content (AvgIpc) is 3.27. The van der Waals surface area contributed by atoms with Crippen LogP contribution < -0.4 is 36.9 Å². The largest absolute Gasteiger partial charge is 0.494 e. The van der Waals surface area contributed by atoms with Gasteiger partial charge in [0.2, 0.25) is 11.8 Å². The number of para-hydroxylation sites is 1. The summed E-state index contributed by atoms with van der Waals surface area (Å²) in [7, 11) is 1.68. The zero-order chi connectivity index (χ0) is 46.4. The van der Waals surface area contributed by atoms with Gasteiger partial charge in [0.25, 0.3) is 5.56 Å². The van der Waals surface area contributed by atoms with Crippen LogP contribution in [0.3, 0.4) is 0 Å². The summed E-state index contributed by atoms with van der Waals surface area (Å²) in [5.74, 6) is 3.58. The number of nitrogens with one attached hydrogen (secondary N) is 3. The van der Waals surface area contributed by atoms with Crippen LogP contribution in [0.25, 0.3) is 16.7 Å². The number of unbranched alkanes of at least 4 members (excludes halogenated alkanes) is 7. The van der Waals surface area contributed by atoms with E-state index >= 15 is 0 Å². The van der Waals surface area contributed by atoms with Crippen molar-refractivity contribution in [3.05, 3.63) is 76.3 Å². The number of nitrogens with zero attached hydrogens (tertiary/aromatic N) is 4. The molecule has 2 aromatic carbocycles. The van der Waals surface area contributed by atoms with Gasteiger partial charge in [-0.3, -0.25) is 19.0 Å². The first-order valence-corrected chi connectivity index (χ1v) is 25.3. The molecule has 356 valence electrons. The van der Waals surface area contributed by atoms with Gasteiger partial charge in [-0.15, -0.1) is 0 Å². The summed E-state index contributed by atoms with van der Waals surface area (Å²) in [4.78, 5) is 52.1. The highest BCUT2D eigenvalue weighted by atomic mass is 16.5. The molecule has 2 unspecified atom stereocenters. The Balaban J connectivity index is 1.01. The summed E-state index contributed by atoms with van der Waals surface area (Å²) in [6.45, 7) is 10.3. The molecule has 3 heterocycles. The number of aryl methyl sites for hydroxylation is 1. The predicted molar refractivity (Wildman–Crippen MR) is 266 cm³/mol. The van der Waals surface area contributed by atoms with E-state index in [1.165, 1.54) is 89.8 Å². The Morgan fingerprint density at radius 2 is 1.65 bits per heavy atom. The molecule has 2 atom stereocenters. The Hall–Kier alpha value is -4.97. The van der Waals surface area contributed by atoms with Crippen LogP contribution in [0.1, 0.15) is 141 Å². The van der Waals surface area contributed by atoms with Gasteiger partial charge in [-0.05, 0) is 117 Å². The molecule has 0 spiro atoms. The highest BCUT2D eigenvalue weighted by Gasteiger charge is 2.51. The van der Waals surface area contributed by atoms with Crippen molar-refractivity contribution < 1.29 is 14.3 Å². The number of amides is 2. The number of benzene rings is 2. The predicted octanol–water partition coefficient (Wildman–Crippen LogP) is 9.69. The van der Waals surface area contributed by atoms with Gasteiger partial charge in [-0.2, -0.15) is 0 Å². The minimum atomic E-state index is -0.826. The average molecular weight is 901 g/mol. The monoisotopic (exact) mass is 901 g/mol. The molecule has 1 aliphatic heterocycles. The second kappa shape index (κ2) is 20.9. The lowest BCUT2D eigenvalue weighted by atomic mass is 9.49. The molecule has 5 N–H and O–H groups in total. The maximum Gasteiger partial charge on any atom is 0.257 e. The number of carbonyl (C=O) groups excluding carboxylic acids is 2. The van der Waals surface area contributed by atoms with Crippen LogP contribution in [0.2, 0.25) is 0 Å². The molecular weight excluding hydrogens is 825 g/mol. The van der Waals surface area contributed by atoms with E-state index < -0.39 is 11.3 Å². The number of primary amides is 1. The fourth-order valence-electron chi connectivity index (χ4n) is 12.7. The zero-order valence-electron chi connectivity index (χ0n) is 40.4. The number of hydrogen-bond acceptors (Lipinski definition) is 9. The summed E-state index contributed by atoms with van der Waals surface area (Å²) in [5, 5.41) is 11.6. The van der Waals surface area contributed by atoms with E-state index in [1.54, 1.807) is 17.7 Å². The van der Waals surface area contributed by atoms with Crippen LogP contribution >= 0.6 is 0 Å². The molecule has 9 rings (SSSR count). The number of methoxy groups -OCH3 is 1. The second-order valence-electron chi connectivity index (χ2n) is 21.4. The van der Waals surface area contributed by atoms with Gasteiger partial charge >= 0.3 is 0 Å². The highest BCUT2D eigenvalue weighted by molar-refractivity contribution is 5.93. The van der Waals surface area contributed by atoms with Crippen molar-refractivity contribution in [2.45, 2.75) is 155 Å². The minimum Gasteiger partial charge on any atom is -0.494 e. The van der Waals surface area contributed by atoms with Crippen LogP contribution in [0.5, 0.6) is 5.75 Å². The molecule has 1 saturated heterocycles. The van der Waals surface area contributed by atoms with E-state index in [-0.39, 0.29) is 29.0 Å². The van der Waals surface area contributed by atoms with Crippen LogP contribution in [0.15, 0.2) is 59.7 Å². The minimum absolute atomic E-state index is 0.120. The standard InChI is InChI=1S/C54H76N8O4/c1-6-7-8-9-10-11-12-13-17-41(59-47(63)33-54-29-37-24-38(30-54)26-39(25-37)31-54)27-43-34-56-21-22-61(43)42-19-20-44(46(28-42)66-5)60-50-49-36(2)23-48(64)62(51(49)58-35-57-50)45-18-15-14-16-40(45)32-53(3,4)52(55)65/h14-16,18-20,23,28,35,37-39,41,43,56H,6-13,17,21-22,24-27,29-34H2,1-5H3,(H2,55,65)(H,59,63)(H,57,58,60).